The number of aliphatic hydroxyl groups is 1. The second kappa shape index (κ2) is 10.8. The van der Waals surface area contributed by atoms with Crippen LogP contribution in [0.5, 0.6) is 11.5 Å². The number of carbonyl (C=O) groups excluding carboxylic acids is 3. The van der Waals surface area contributed by atoms with Gasteiger partial charge in [0.2, 0.25) is 0 Å². The summed E-state index contributed by atoms with van der Waals surface area (Å²) in [6, 6.07) is 16.1. The van der Waals surface area contributed by atoms with E-state index < -0.39 is 29.5 Å². The maximum Gasteiger partial charge on any atom is 0.338 e. The Morgan fingerprint density at radius 2 is 1.70 bits per heavy atom. The number of ketones is 1. The molecule has 4 rings (SSSR count). The number of methoxy groups -OCH3 is 1. The number of likely N-dealkylation sites (tertiary alicyclic amines) is 1. The van der Waals surface area contributed by atoms with Gasteiger partial charge in [0.05, 0.1) is 35.9 Å². The number of hydrogen-bond acceptors (Lipinski definition) is 7. The van der Waals surface area contributed by atoms with Gasteiger partial charge in [-0.2, -0.15) is 0 Å². The fourth-order valence-electron chi connectivity index (χ4n) is 4.16. The minimum absolute atomic E-state index is 0.00564. The maximum absolute atomic E-state index is 13.3. The second-order valence-electron chi connectivity index (χ2n) is 8.28. The number of phenolic OH excluding ortho intramolecular Hbond substituents is 1. The number of amides is 1. The van der Waals surface area contributed by atoms with Crippen LogP contribution >= 0.6 is 11.6 Å². The molecule has 1 aliphatic heterocycles. The molecule has 3 aromatic carbocycles. The van der Waals surface area contributed by atoms with Crippen molar-refractivity contribution in [3.63, 3.8) is 0 Å². The molecule has 1 atom stereocenters. The molecule has 37 heavy (non-hydrogen) atoms. The summed E-state index contributed by atoms with van der Waals surface area (Å²) in [6.07, 6.45) is 0. The van der Waals surface area contributed by atoms with Gasteiger partial charge in [-0.05, 0) is 60.5 Å². The van der Waals surface area contributed by atoms with E-state index in [2.05, 4.69) is 0 Å². The third-order valence-electron chi connectivity index (χ3n) is 6.00. The highest BCUT2D eigenvalue weighted by molar-refractivity contribution is 6.47. The van der Waals surface area contributed by atoms with Gasteiger partial charge in [0, 0.05) is 12.1 Å². The minimum atomic E-state index is -0.965. The molecule has 1 unspecified atom stereocenters. The molecular weight excluding hydrogens is 498 g/mol. The number of hydrogen-bond donors (Lipinski definition) is 2. The first kappa shape index (κ1) is 25.8. The summed E-state index contributed by atoms with van der Waals surface area (Å²) in [6.45, 7) is 1.97. The number of benzene rings is 3. The van der Waals surface area contributed by atoms with Crippen LogP contribution in [0.1, 0.15) is 40.0 Å². The van der Waals surface area contributed by atoms with Gasteiger partial charge in [0.15, 0.2) is 0 Å². The number of halogens is 1. The molecule has 1 heterocycles. The number of carbonyl (C=O) groups is 3. The van der Waals surface area contributed by atoms with Crippen molar-refractivity contribution in [3.8, 4) is 11.5 Å². The van der Waals surface area contributed by atoms with Gasteiger partial charge in [-0.15, -0.1) is 0 Å². The first-order valence-electron chi connectivity index (χ1n) is 11.4. The van der Waals surface area contributed by atoms with E-state index in [1.54, 1.807) is 49.4 Å². The van der Waals surface area contributed by atoms with E-state index in [0.29, 0.717) is 22.4 Å². The van der Waals surface area contributed by atoms with E-state index >= 15 is 0 Å². The zero-order chi connectivity index (χ0) is 26.7. The number of Topliss-reactive ketones (excluding diaryl/α,β-unsaturated/α-hetero) is 1. The summed E-state index contributed by atoms with van der Waals surface area (Å²) in [5, 5.41) is 21.2. The van der Waals surface area contributed by atoms with E-state index in [4.69, 9.17) is 21.1 Å². The zero-order valence-electron chi connectivity index (χ0n) is 20.1. The van der Waals surface area contributed by atoms with Crippen LogP contribution in [0.3, 0.4) is 0 Å². The smallest absolute Gasteiger partial charge is 0.338 e. The van der Waals surface area contributed by atoms with Gasteiger partial charge in [0.25, 0.3) is 11.7 Å². The molecule has 1 aliphatic rings. The first-order chi connectivity index (χ1) is 17.7. The summed E-state index contributed by atoms with van der Waals surface area (Å²) < 4.78 is 10.2. The standard InChI is InChI=1S/C28H24ClNO7/c1-3-37-28(35)18-6-4-16(5-7-18)15-30-24(17-8-10-19(31)11-9-17)23(26(33)27(30)34)25(32)21-14-20(36-2)12-13-22(21)29/h4-14,24,31-32H,3,15H2,1-2H3/b25-23+. The normalized spacial score (nSPS) is 16.6. The zero-order valence-corrected chi connectivity index (χ0v) is 20.9. The van der Waals surface area contributed by atoms with Crippen molar-refractivity contribution in [2.24, 2.45) is 0 Å². The molecule has 0 saturated carbocycles. The van der Waals surface area contributed by atoms with Crippen LogP contribution in [0.25, 0.3) is 5.76 Å². The number of ether oxygens (including phenoxy) is 2. The predicted molar refractivity (Wildman–Crippen MR) is 136 cm³/mol. The van der Waals surface area contributed by atoms with Crippen molar-refractivity contribution < 1.29 is 34.1 Å². The molecule has 0 radical (unpaired) electrons. The van der Waals surface area contributed by atoms with Crippen molar-refractivity contribution in [1.82, 2.24) is 4.90 Å². The quantitative estimate of drug-likeness (QED) is 0.198. The highest BCUT2D eigenvalue weighted by atomic mass is 35.5. The number of phenols is 1. The lowest BCUT2D eigenvalue weighted by molar-refractivity contribution is -0.140. The highest BCUT2D eigenvalue weighted by Gasteiger charge is 2.46. The Balaban J connectivity index is 1.80. The van der Waals surface area contributed by atoms with Crippen LogP contribution in [0, 0.1) is 0 Å². The Morgan fingerprint density at radius 3 is 2.32 bits per heavy atom. The highest BCUT2D eigenvalue weighted by Crippen LogP contribution is 2.42. The van der Waals surface area contributed by atoms with Crippen molar-refractivity contribution >= 4 is 35.0 Å². The minimum Gasteiger partial charge on any atom is -0.508 e. The van der Waals surface area contributed by atoms with E-state index in [1.165, 1.54) is 36.3 Å². The monoisotopic (exact) mass is 521 g/mol. The van der Waals surface area contributed by atoms with Crippen molar-refractivity contribution in [2.75, 3.05) is 13.7 Å². The van der Waals surface area contributed by atoms with Crippen molar-refractivity contribution in [3.05, 3.63) is 99.6 Å². The summed E-state index contributed by atoms with van der Waals surface area (Å²) in [4.78, 5) is 39.8. The molecule has 1 fully saturated rings. The number of nitrogens with zero attached hydrogens (tertiary/aromatic N) is 1. The van der Waals surface area contributed by atoms with Crippen LogP contribution in [-0.2, 0) is 20.9 Å². The van der Waals surface area contributed by atoms with Crippen LogP contribution in [-0.4, -0.2) is 46.5 Å². The van der Waals surface area contributed by atoms with Gasteiger partial charge < -0.3 is 24.6 Å². The first-order valence-corrected chi connectivity index (χ1v) is 11.8. The summed E-state index contributed by atoms with van der Waals surface area (Å²) in [5.74, 6) is -2.19. The molecule has 1 amide bonds. The summed E-state index contributed by atoms with van der Waals surface area (Å²) in [5.41, 5.74) is 1.50. The molecule has 0 bridgehead atoms. The fraction of sp³-hybridized carbons (Fsp3) is 0.179. The van der Waals surface area contributed by atoms with E-state index in [1.807, 2.05) is 0 Å². The van der Waals surface area contributed by atoms with Crippen molar-refractivity contribution in [1.29, 1.82) is 0 Å². The number of rotatable bonds is 7. The third-order valence-corrected chi connectivity index (χ3v) is 6.33. The van der Waals surface area contributed by atoms with Gasteiger partial charge in [-0.1, -0.05) is 35.9 Å². The Labute approximate surface area is 218 Å². The molecule has 1 saturated heterocycles. The average molecular weight is 522 g/mol. The number of esters is 1. The summed E-state index contributed by atoms with van der Waals surface area (Å²) >= 11 is 6.32. The Kier molecular flexibility index (Phi) is 7.50. The maximum atomic E-state index is 13.3. The molecule has 8 nitrogen and oxygen atoms in total. The number of aromatic hydroxyl groups is 1. The fourth-order valence-corrected chi connectivity index (χ4v) is 4.37. The van der Waals surface area contributed by atoms with E-state index in [-0.39, 0.29) is 35.1 Å². The van der Waals surface area contributed by atoms with E-state index in [9.17, 15) is 24.6 Å². The predicted octanol–water partition coefficient (Wildman–Crippen LogP) is 4.85. The van der Waals surface area contributed by atoms with Gasteiger partial charge in [-0.3, -0.25) is 9.59 Å². The second-order valence-corrected chi connectivity index (χ2v) is 8.69. The van der Waals surface area contributed by atoms with Crippen LogP contribution in [0.2, 0.25) is 5.02 Å². The van der Waals surface area contributed by atoms with Crippen LogP contribution in [0.4, 0.5) is 0 Å². The lowest BCUT2D eigenvalue weighted by Gasteiger charge is -2.25. The average Bonchev–Trinajstić information content (AvgIpc) is 3.14. The van der Waals surface area contributed by atoms with Crippen LogP contribution < -0.4 is 4.74 Å². The lowest BCUT2D eigenvalue weighted by atomic mass is 9.95. The Hall–Kier alpha value is -4.30. The van der Waals surface area contributed by atoms with Crippen LogP contribution in [0.15, 0.2) is 72.3 Å². The molecule has 0 aliphatic carbocycles. The molecule has 0 spiro atoms. The lowest BCUT2D eigenvalue weighted by Crippen LogP contribution is -2.29. The van der Waals surface area contributed by atoms with E-state index in [0.717, 1.165) is 0 Å². The van der Waals surface area contributed by atoms with Gasteiger partial charge >= 0.3 is 5.97 Å². The van der Waals surface area contributed by atoms with Crippen molar-refractivity contribution in [2.45, 2.75) is 19.5 Å². The van der Waals surface area contributed by atoms with Gasteiger partial charge in [0.1, 0.15) is 17.3 Å². The molecule has 9 heteroatoms. The SMILES string of the molecule is CCOC(=O)c1ccc(CN2C(=O)C(=O)/C(=C(/O)c3cc(OC)ccc3Cl)C2c2ccc(O)cc2)cc1. The molecule has 190 valence electrons. The third kappa shape index (κ3) is 5.15. The number of aliphatic hydroxyl groups excluding tert-OH is 1. The Morgan fingerprint density at radius 1 is 1.03 bits per heavy atom. The Bertz CT molecular complexity index is 1380. The topological polar surface area (TPSA) is 113 Å². The van der Waals surface area contributed by atoms with Gasteiger partial charge in [-0.25, -0.2) is 4.79 Å². The molecule has 3 aromatic rings. The molecule has 2 N–H and O–H groups in total. The largest absolute Gasteiger partial charge is 0.508 e. The molecule has 0 aromatic heterocycles. The summed E-state index contributed by atoms with van der Waals surface area (Å²) in [7, 11) is 1.45. The molecular formula is C28H24ClNO7.